The Morgan fingerprint density at radius 3 is 2.71 bits per heavy atom. The Labute approximate surface area is 206 Å². The predicted octanol–water partition coefficient (Wildman–Crippen LogP) is 4.92. The molecule has 0 spiro atoms. The average Bonchev–Trinajstić information content (AvgIpc) is 3.28. The molecule has 0 aliphatic carbocycles. The molecule has 1 amide bonds. The minimum atomic E-state index is 0.0584. The zero-order valence-corrected chi connectivity index (χ0v) is 20.2. The maximum absolute atomic E-state index is 12.7. The monoisotopic (exact) mass is 516 g/mol. The van der Waals surface area contributed by atoms with Crippen LogP contribution in [0.3, 0.4) is 0 Å². The van der Waals surface area contributed by atoms with Crippen LogP contribution in [0.2, 0.25) is 0 Å². The van der Waals surface area contributed by atoms with E-state index in [0.717, 1.165) is 45.6 Å². The lowest BCUT2D eigenvalue weighted by Crippen LogP contribution is -2.37. The molecule has 0 atom stereocenters. The molecule has 0 unspecified atom stereocenters. The molecule has 0 radical (unpaired) electrons. The van der Waals surface area contributed by atoms with Gasteiger partial charge in [0.05, 0.1) is 10.7 Å². The third-order valence-corrected chi connectivity index (χ3v) is 6.65. The summed E-state index contributed by atoms with van der Waals surface area (Å²) in [5.74, 6) is 1.23. The molecule has 4 heterocycles. The molecule has 0 saturated carbocycles. The van der Waals surface area contributed by atoms with Gasteiger partial charge < -0.3 is 10.2 Å². The molecule has 1 aliphatic heterocycles. The number of aromatic nitrogens is 4. The minimum absolute atomic E-state index is 0.0584. The summed E-state index contributed by atoms with van der Waals surface area (Å²) in [5.41, 5.74) is 3.93. The summed E-state index contributed by atoms with van der Waals surface area (Å²) in [6, 6.07) is 15.9. The Bertz CT molecular complexity index is 1300. The molecule has 4 aromatic rings. The van der Waals surface area contributed by atoms with Crippen molar-refractivity contribution in [2.24, 2.45) is 0 Å². The lowest BCUT2D eigenvalue weighted by molar-refractivity contribution is -0.126. The number of pyridine rings is 1. The largest absolute Gasteiger partial charge is 0.366 e. The van der Waals surface area contributed by atoms with Gasteiger partial charge in [-0.05, 0) is 52.0 Å². The SMILES string of the molecule is O=C(C=Cc1ccccc1)N1CCC(c2cc(NCc3cccnc3)n3ncc(Br)c3n2)CC1. The van der Waals surface area contributed by atoms with Crippen molar-refractivity contribution in [2.75, 3.05) is 18.4 Å². The van der Waals surface area contributed by atoms with Crippen LogP contribution in [0.25, 0.3) is 11.7 Å². The molecule has 1 aliphatic rings. The molecule has 7 nitrogen and oxygen atoms in total. The van der Waals surface area contributed by atoms with Gasteiger partial charge in [-0.3, -0.25) is 9.78 Å². The number of benzene rings is 1. The first-order valence-electron chi connectivity index (χ1n) is 11.4. The van der Waals surface area contributed by atoms with Crippen LogP contribution in [0.1, 0.15) is 35.6 Å². The Morgan fingerprint density at radius 1 is 1.12 bits per heavy atom. The number of hydrogen-bond donors (Lipinski definition) is 1. The molecule has 1 N–H and O–H groups in total. The second-order valence-corrected chi connectivity index (χ2v) is 9.21. The van der Waals surface area contributed by atoms with E-state index in [4.69, 9.17) is 4.98 Å². The van der Waals surface area contributed by atoms with Crippen molar-refractivity contribution in [3.05, 3.63) is 94.5 Å². The molecule has 34 heavy (non-hydrogen) atoms. The van der Waals surface area contributed by atoms with E-state index in [1.165, 1.54) is 0 Å². The van der Waals surface area contributed by atoms with Gasteiger partial charge in [0.1, 0.15) is 5.82 Å². The number of rotatable bonds is 6. The van der Waals surface area contributed by atoms with Gasteiger partial charge in [-0.25, -0.2) is 4.98 Å². The Balaban J connectivity index is 1.28. The number of piperidine rings is 1. The van der Waals surface area contributed by atoms with Crippen LogP contribution in [0.5, 0.6) is 0 Å². The highest BCUT2D eigenvalue weighted by Crippen LogP contribution is 2.30. The van der Waals surface area contributed by atoms with Crippen LogP contribution >= 0.6 is 15.9 Å². The van der Waals surface area contributed by atoms with E-state index in [2.05, 4.69) is 37.4 Å². The Morgan fingerprint density at radius 2 is 1.94 bits per heavy atom. The molecular weight excluding hydrogens is 492 g/mol. The van der Waals surface area contributed by atoms with Gasteiger partial charge in [0, 0.05) is 55.8 Å². The lowest BCUT2D eigenvalue weighted by Gasteiger charge is -2.31. The van der Waals surface area contributed by atoms with Crippen LogP contribution in [-0.2, 0) is 11.3 Å². The average molecular weight is 517 g/mol. The highest BCUT2D eigenvalue weighted by molar-refractivity contribution is 9.10. The van der Waals surface area contributed by atoms with Crippen LogP contribution in [0.4, 0.5) is 5.82 Å². The van der Waals surface area contributed by atoms with Crippen LogP contribution < -0.4 is 5.32 Å². The molecule has 0 bridgehead atoms. The van der Waals surface area contributed by atoms with E-state index in [1.807, 2.05) is 64.2 Å². The summed E-state index contributed by atoms with van der Waals surface area (Å²) in [6.07, 6.45) is 10.7. The number of hydrogen-bond acceptors (Lipinski definition) is 5. The second kappa shape index (κ2) is 10.2. The van der Waals surface area contributed by atoms with E-state index in [-0.39, 0.29) is 11.8 Å². The molecule has 172 valence electrons. The quantitative estimate of drug-likeness (QED) is 0.368. The number of carbonyl (C=O) groups excluding carboxylic acids is 1. The van der Waals surface area contributed by atoms with Crippen molar-refractivity contribution in [1.82, 2.24) is 24.5 Å². The van der Waals surface area contributed by atoms with E-state index >= 15 is 0 Å². The second-order valence-electron chi connectivity index (χ2n) is 8.35. The van der Waals surface area contributed by atoms with E-state index < -0.39 is 0 Å². The molecule has 5 rings (SSSR count). The normalized spacial score (nSPS) is 14.7. The summed E-state index contributed by atoms with van der Waals surface area (Å²) in [4.78, 5) is 23.7. The molecule has 1 fully saturated rings. The van der Waals surface area contributed by atoms with Gasteiger partial charge in [0.2, 0.25) is 5.91 Å². The van der Waals surface area contributed by atoms with Crippen molar-refractivity contribution in [3.8, 4) is 0 Å². The van der Waals surface area contributed by atoms with Crippen molar-refractivity contribution in [1.29, 1.82) is 0 Å². The number of fused-ring (bicyclic) bond motifs is 1. The Hall–Kier alpha value is -3.52. The molecule has 3 aromatic heterocycles. The number of halogens is 1. The maximum Gasteiger partial charge on any atom is 0.246 e. The molecule has 1 saturated heterocycles. The zero-order valence-electron chi connectivity index (χ0n) is 18.6. The van der Waals surface area contributed by atoms with Gasteiger partial charge in [0.15, 0.2) is 5.65 Å². The maximum atomic E-state index is 12.7. The van der Waals surface area contributed by atoms with E-state index in [1.54, 1.807) is 18.5 Å². The van der Waals surface area contributed by atoms with Gasteiger partial charge in [-0.1, -0.05) is 36.4 Å². The highest BCUT2D eigenvalue weighted by atomic mass is 79.9. The van der Waals surface area contributed by atoms with Crippen molar-refractivity contribution < 1.29 is 4.79 Å². The first-order valence-corrected chi connectivity index (χ1v) is 12.2. The van der Waals surface area contributed by atoms with Crippen LogP contribution in [0.15, 0.2) is 77.7 Å². The van der Waals surface area contributed by atoms with Crippen LogP contribution in [0, 0.1) is 0 Å². The summed E-state index contributed by atoms with van der Waals surface area (Å²) < 4.78 is 2.68. The standard InChI is InChI=1S/C26H25BrN6O/c27-22-18-30-33-24(29-17-20-7-4-12-28-16-20)15-23(31-26(22)33)21-10-13-32(14-11-21)25(34)9-8-19-5-2-1-3-6-19/h1-9,12,15-16,18,21,29H,10-11,13-14,17H2. The summed E-state index contributed by atoms with van der Waals surface area (Å²) in [7, 11) is 0. The third-order valence-electron chi connectivity index (χ3n) is 6.09. The van der Waals surface area contributed by atoms with Gasteiger partial charge in [-0.15, -0.1) is 0 Å². The fourth-order valence-corrected chi connectivity index (χ4v) is 4.57. The number of carbonyl (C=O) groups is 1. The molecule has 8 heteroatoms. The van der Waals surface area contributed by atoms with Gasteiger partial charge >= 0.3 is 0 Å². The van der Waals surface area contributed by atoms with Crippen molar-refractivity contribution in [2.45, 2.75) is 25.3 Å². The summed E-state index contributed by atoms with van der Waals surface area (Å²) in [5, 5.41) is 7.95. The zero-order chi connectivity index (χ0) is 23.3. The number of nitrogens with zero attached hydrogens (tertiary/aromatic N) is 5. The number of nitrogens with one attached hydrogen (secondary N) is 1. The fourth-order valence-electron chi connectivity index (χ4n) is 4.22. The van der Waals surface area contributed by atoms with Gasteiger partial charge in [0.25, 0.3) is 0 Å². The summed E-state index contributed by atoms with van der Waals surface area (Å²) in [6.45, 7) is 2.08. The fraction of sp³-hybridized carbons (Fsp3) is 0.231. The van der Waals surface area contributed by atoms with Crippen molar-refractivity contribution >= 4 is 39.4 Å². The first kappa shape index (κ1) is 22.3. The van der Waals surface area contributed by atoms with Crippen molar-refractivity contribution in [3.63, 3.8) is 0 Å². The van der Waals surface area contributed by atoms with Gasteiger partial charge in [-0.2, -0.15) is 9.61 Å². The molecular formula is C26H25BrN6O. The number of anilines is 1. The Kier molecular flexibility index (Phi) is 6.67. The summed E-state index contributed by atoms with van der Waals surface area (Å²) >= 11 is 3.58. The van der Waals surface area contributed by atoms with E-state index in [9.17, 15) is 4.79 Å². The highest BCUT2D eigenvalue weighted by Gasteiger charge is 2.25. The predicted molar refractivity (Wildman–Crippen MR) is 136 cm³/mol. The molecule has 1 aromatic carbocycles. The van der Waals surface area contributed by atoms with E-state index in [0.29, 0.717) is 19.6 Å². The van der Waals surface area contributed by atoms with Crippen LogP contribution in [-0.4, -0.2) is 43.5 Å². The number of amides is 1. The topological polar surface area (TPSA) is 75.4 Å². The lowest BCUT2D eigenvalue weighted by atomic mass is 9.93. The first-order chi connectivity index (χ1) is 16.7. The smallest absolute Gasteiger partial charge is 0.246 e. The number of likely N-dealkylation sites (tertiary alicyclic amines) is 1. The third kappa shape index (κ3) is 5.02. The minimum Gasteiger partial charge on any atom is -0.366 e.